The van der Waals surface area contributed by atoms with Crippen molar-refractivity contribution in [1.82, 2.24) is 0 Å². The summed E-state index contributed by atoms with van der Waals surface area (Å²) in [4.78, 5) is 21.0. The molecule has 2 aromatic carbocycles. The predicted octanol–water partition coefficient (Wildman–Crippen LogP) is 1.87. The molecule has 0 fully saturated rings. The van der Waals surface area contributed by atoms with Crippen LogP contribution >= 0.6 is 0 Å². The molecule has 9 heteroatoms. The number of nitro benzene ring substituents is 1. The number of anilines is 1. The molecule has 0 aliphatic heterocycles. The molecule has 0 aliphatic rings. The minimum absolute atomic E-state index is 0.0295. The van der Waals surface area contributed by atoms with Crippen molar-refractivity contribution in [3.05, 3.63) is 64.7 Å². The van der Waals surface area contributed by atoms with Crippen molar-refractivity contribution in [2.75, 3.05) is 10.8 Å². The van der Waals surface area contributed by atoms with Crippen molar-refractivity contribution in [2.45, 2.75) is 4.90 Å². The van der Waals surface area contributed by atoms with E-state index in [9.17, 15) is 23.3 Å². The molecule has 0 spiro atoms. The van der Waals surface area contributed by atoms with Crippen molar-refractivity contribution >= 4 is 27.4 Å². The van der Waals surface area contributed by atoms with Gasteiger partial charge in [-0.3, -0.25) is 19.2 Å². The van der Waals surface area contributed by atoms with E-state index >= 15 is 0 Å². The number of carbonyl (C=O) groups is 1. The summed E-state index contributed by atoms with van der Waals surface area (Å²) in [6, 6.07) is 12.0. The Morgan fingerprint density at radius 3 is 2.13 bits per heavy atom. The molecule has 2 rings (SSSR count). The SMILES string of the molecule is O=C(O)CN(c1ccc([N+](=O)[O-])cc1)S(=O)(=O)c1ccccc1. The van der Waals surface area contributed by atoms with Crippen LogP contribution in [0, 0.1) is 10.1 Å². The number of aliphatic carboxylic acids is 1. The molecular formula is C14H12N2O6S. The van der Waals surface area contributed by atoms with Gasteiger partial charge in [-0.1, -0.05) is 18.2 Å². The van der Waals surface area contributed by atoms with Gasteiger partial charge in [0.1, 0.15) is 6.54 Å². The smallest absolute Gasteiger partial charge is 0.324 e. The van der Waals surface area contributed by atoms with Gasteiger partial charge in [-0.05, 0) is 24.3 Å². The molecule has 0 bridgehead atoms. The van der Waals surface area contributed by atoms with Crippen LogP contribution in [0.4, 0.5) is 11.4 Å². The first-order valence-electron chi connectivity index (χ1n) is 6.36. The largest absolute Gasteiger partial charge is 0.480 e. The van der Waals surface area contributed by atoms with Gasteiger partial charge in [0.15, 0.2) is 0 Å². The minimum atomic E-state index is -4.10. The van der Waals surface area contributed by atoms with Crippen molar-refractivity contribution in [1.29, 1.82) is 0 Å². The highest BCUT2D eigenvalue weighted by atomic mass is 32.2. The van der Waals surface area contributed by atoms with E-state index in [-0.39, 0.29) is 16.3 Å². The number of hydrogen-bond donors (Lipinski definition) is 1. The molecule has 0 amide bonds. The zero-order valence-electron chi connectivity index (χ0n) is 11.7. The highest BCUT2D eigenvalue weighted by molar-refractivity contribution is 7.92. The summed E-state index contributed by atoms with van der Waals surface area (Å²) in [5, 5.41) is 19.6. The Bertz CT molecular complexity index is 818. The lowest BCUT2D eigenvalue weighted by Crippen LogP contribution is -2.35. The van der Waals surface area contributed by atoms with Crippen LogP contribution in [0.3, 0.4) is 0 Å². The third-order valence-electron chi connectivity index (χ3n) is 2.96. The van der Waals surface area contributed by atoms with Gasteiger partial charge >= 0.3 is 5.97 Å². The van der Waals surface area contributed by atoms with Crippen molar-refractivity contribution < 1.29 is 23.2 Å². The van der Waals surface area contributed by atoms with Crippen LogP contribution in [0.1, 0.15) is 0 Å². The average molecular weight is 336 g/mol. The second-order valence-corrected chi connectivity index (χ2v) is 6.35. The Morgan fingerprint density at radius 2 is 1.65 bits per heavy atom. The number of rotatable bonds is 6. The highest BCUT2D eigenvalue weighted by Crippen LogP contribution is 2.25. The number of sulfonamides is 1. The van der Waals surface area contributed by atoms with E-state index in [4.69, 9.17) is 5.11 Å². The van der Waals surface area contributed by atoms with Gasteiger partial charge < -0.3 is 5.11 Å². The van der Waals surface area contributed by atoms with Crippen molar-refractivity contribution in [2.24, 2.45) is 0 Å². The molecule has 0 saturated heterocycles. The van der Waals surface area contributed by atoms with E-state index in [1.165, 1.54) is 36.4 Å². The lowest BCUT2D eigenvalue weighted by atomic mass is 10.3. The lowest BCUT2D eigenvalue weighted by Gasteiger charge is -2.22. The van der Waals surface area contributed by atoms with E-state index in [1.807, 2.05) is 0 Å². The molecule has 120 valence electrons. The topological polar surface area (TPSA) is 118 Å². The van der Waals surface area contributed by atoms with Crippen LogP contribution in [0.2, 0.25) is 0 Å². The zero-order valence-corrected chi connectivity index (χ0v) is 12.5. The number of non-ortho nitro benzene ring substituents is 1. The molecule has 0 unspecified atom stereocenters. The first-order valence-corrected chi connectivity index (χ1v) is 7.80. The Balaban J connectivity index is 2.49. The summed E-state index contributed by atoms with van der Waals surface area (Å²) in [5.41, 5.74) is -0.192. The Hall–Kier alpha value is -2.94. The minimum Gasteiger partial charge on any atom is -0.480 e. The molecule has 0 saturated carbocycles. The molecule has 0 heterocycles. The van der Waals surface area contributed by atoms with Gasteiger partial charge in [0.25, 0.3) is 15.7 Å². The van der Waals surface area contributed by atoms with Crippen LogP contribution in [-0.4, -0.2) is 31.0 Å². The van der Waals surface area contributed by atoms with E-state index in [0.717, 1.165) is 12.1 Å². The fourth-order valence-electron chi connectivity index (χ4n) is 1.90. The van der Waals surface area contributed by atoms with Crippen LogP contribution in [0.25, 0.3) is 0 Å². The first-order chi connectivity index (χ1) is 10.8. The van der Waals surface area contributed by atoms with Gasteiger partial charge in [-0.25, -0.2) is 8.42 Å². The van der Waals surface area contributed by atoms with Crippen molar-refractivity contribution in [3.63, 3.8) is 0 Å². The molecule has 0 atom stereocenters. The van der Waals surface area contributed by atoms with Crippen LogP contribution in [0.15, 0.2) is 59.5 Å². The third-order valence-corrected chi connectivity index (χ3v) is 4.75. The summed E-state index contributed by atoms with van der Waals surface area (Å²) in [5.74, 6) is -1.34. The molecule has 2 aromatic rings. The van der Waals surface area contributed by atoms with Gasteiger partial charge in [0.05, 0.1) is 15.5 Å². The van der Waals surface area contributed by atoms with Gasteiger partial charge in [0.2, 0.25) is 0 Å². The maximum Gasteiger partial charge on any atom is 0.324 e. The second-order valence-electron chi connectivity index (χ2n) is 4.49. The Morgan fingerprint density at radius 1 is 1.09 bits per heavy atom. The Labute approximate surface area is 131 Å². The molecule has 23 heavy (non-hydrogen) atoms. The first kappa shape index (κ1) is 16.4. The number of carboxylic acids is 1. The summed E-state index contributed by atoms with van der Waals surface area (Å²) in [7, 11) is -4.10. The standard InChI is InChI=1S/C14H12N2O6S/c17-14(18)10-15(11-6-8-12(9-7-11)16(19)20)23(21,22)13-4-2-1-3-5-13/h1-9H,10H2,(H,17,18). The average Bonchev–Trinajstić information content (AvgIpc) is 2.53. The normalized spacial score (nSPS) is 11.0. The highest BCUT2D eigenvalue weighted by Gasteiger charge is 2.27. The Kier molecular flexibility index (Phi) is 4.60. The van der Waals surface area contributed by atoms with Crippen LogP contribution in [0.5, 0.6) is 0 Å². The predicted molar refractivity (Wildman–Crippen MR) is 81.7 cm³/mol. The quantitative estimate of drug-likeness (QED) is 0.635. The summed E-state index contributed by atoms with van der Waals surface area (Å²) in [6.07, 6.45) is 0. The number of hydrogen-bond acceptors (Lipinski definition) is 5. The molecule has 0 radical (unpaired) electrons. The maximum atomic E-state index is 12.6. The number of nitrogens with zero attached hydrogens (tertiary/aromatic N) is 2. The summed E-state index contributed by atoms with van der Waals surface area (Å²) >= 11 is 0. The number of nitro groups is 1. The molecule has 8 nitrogen and oxygen atoms in total. The number of carboxylic acid groups (broad SMARTS) is 1. The van der Waals surface area contributed by atoms with Gasteiger partial charge in [0, 0.05) is 12.1 Å². The fourth-order valence-corrected chi connectivity index (χ4v) is 3.33. The third kappa shape index (κ3) is 3.64. The maximum absolute atomic E-state index is 12.6. The molecule has 1 N–H and O–H groups in total. The van der Waals surface area contributed by atoms with Gasteiger partial charge in [-0.2, -0.15) is 0 Å². The van der Waals surface area contributed by atoms with Crippen LogP contribution in [-0.2, 0) is 14.8 Å². The monoisotopic (exact) mass is 336 g/mol. The van der Waals surface area contributed by atoms with Crippen LogP contribution < -0.4 is 4.31 Å². The van der Waals surface area contributed by atoms with E-state index in [1.54, 1.807) is 6.07 Å². The second kappa shape index (κ2) is 6.44. The van der Waals surface area contributed by atoms with E-state index < -0.39 is 27.5 Å². The lowest BCUT2D eigenvalue weighted by molar-refractivity contribution is -0.384. The van der Waals surface area contributed by atoms with E-state index in [0.29, 0.717) is 4.31 Å². The van der Waals surface area contributed by atoms with Gasteiger partial charge in [-0.15, -0.1) is 0 Å². The van der Waals surface area contributed by atoms with E-state index in [2.05, 4.69) is 0 Å². The summed E-state index contributed by atoms with van der Waals surface area (Å²) < 4.78 is 25.9. The fraction of sp³-hybridized carbons (Fsp3) is 0.0714. The molecular weight excluding hydrogens is 324 g/mol. The van der Waals surface area contributed by atoms with Crippen molar-refractivity contribution in [3.8, 4) is 0 Å². The molecule has 0 aliphatic carbocycles. The zero-order chi connectivity index (χ0) is 17.0. The molecule has 0 aromatic heterocycles. The number of benzene rings is 2. The summed E-state index contributed by atoms with van der Waals surface area (Å²) in [6.45, 7) is -0.797.